The van der Waals surface area contributed by atoms with Crippen molar-refractivity contribution in [3.63, 3.8) is 0 Å². The lowest BCUT2D eigenvalue weighted by molar-refractivity contribution is -0.137. The molecule has 1 aliphatic heterocycles. The Morgan fingerprint density at radius 3 is 2.85 bits per heavy atom. The molecule has 0 radical (unpaired) electrons. The number of carbonyl (C=O) groups excluding carboxylic acids is 1. The molecule has 0 bridgehead atoms. The molecule has 1 amide bonds. The van der Waals surface area contributed by atoms with E-state index in [2.05, 4.69) is 0 Å². The molecule has 0 atom stereocenters. The van der Waals surface area contributed by atoms with Gasteiger partial charge in [-0.1, -0.05) is 35.6 Å². The lowest BCUT2D eigenvalue weighted by atomic mass is 10.3. The number of amides is 1. The minimum Gasteiger partial charge on any atom is -0.481 e. The number of hydrogen-bond acceptors (Lipinski definition) is 5. The Kier molecular flexibility index (Phi) is 5.20. The standard InChI is InChI=1S/C12H10ClNO3S3/c13-9-4-3-7(19-9)6-8-11(17)14(12(18)20-8)5-1-2-10(15)16/h3-4,6H,1-2,5H2,(H,15,16)/b8-6+. The van der Waals surface area contributed by atoms with Gasteiger partial charge in [0.1, 0.15) is 4.32 Å². The molecule has 1 aromatic heterocycles. The molecular formula is C12H10ClNO3S3. The average molecular weight is 348 g/mol. The van der Waals surface area contributed by atoms with E-state index < -0.39 is 5.97 Å². The summed E-state index contributed by atoms with van der Waals surface area (Å²) in [6, 6.07) is 3.61. The lowest BCUT2D eigenvalue weighted by Crippen LogP contribution is -2.29. The summed E-state index contributed by atoms with van der Waals surface area (Å²) in [4.78, 5) is 25.5. The third-order valence-electron chi connectivity index (χ3n) is 2.51. The van der Waals surface area contributed by atoms with Gasteiger partial charge in [-0.05, 0) is 24.6 Å². The number of thiophene rings is 1. The highest BCUT2D eigenvalue weighted by molar-refractivity contribution is 8.26. The number of carboxylic acid groups (broad SMARTS) is 1. The predicted molar refractivity (Wildman–Crippen MR) is 86.1 cm³/mol. The third-order valence-corrected chi connectivity index (χ3v) is 5.07. The van der Waals surface area contributed by atoms with Crippen LogP contribution in [0.4, 0.5) is 0 Å². The van der Waals surface area contributed by atoms with Gasteiger partial charge in [-0.15, -0.1) is 11.3 Å². The Bertz CT molecular complexity index is 597. The van der Waals surface area contributed by atoms with E-state index in [9.17, 15) is 9.59 Å². The molecule has 4 nitrogen and oxygen atoms in total. The molecule has 2 heterocycles. The van der Waals surface area contributed by atoms with Gasteiger partial charge in [0.2, 0.25) is 0 Å². The van der Waals surface area contributed by atoms with Gasteiger partial charge in [-0.25, -0.2) is 0 Å². The smallest absolute Gasteiger partial charge is 0.303 e. The van der Waals surface area contributed by atoms with E-state index in [0.717, 1.165) is 4.88 Å². The first-order valence-electron chi connectivity index (χ1n) is 5.70. The molecule has 0 spiro atoms. The molecule has 1 aromatic rings. The van der Waals surface area contributed by atoms with E-state index in [1.165, 1.54) is 28.0 Å². The highest BCUT2D eigenvalue weighted by Crippen LogP contribution is 2.34. The van der Waals surface area contributed by atoms with Gasteiger partial charge in [0.25, 0.3) is 5.91 Å². The minimum atomic E-state index is -0.876. The second-order valence-electron chi connectivity index (χ2n) is 3.97. The van der Waals surface area contributed by atoms with E-state index in [-0.39, 0.29) is 12.3 Å². The number of carbonyl (C=O) groups is 2. The maximum atomic E-state index is 12.2. The quantitative estimate of drug-likeness (QED) is 0.653. The summed E-state index contributed by atoms with van der Waals surface area (Å²) in [6.07, 6.45) is 2.17. The van der Waals surface area contributed by atoms with E-state index in [1.807, 2.05) is 6.07 Å². The Labute approximate surface area is 134 Å². The van der Waals surface area contributed by atoms with Crippen LogP contribution in [0.15, 0.2) is 17.0 Å². The number of nitrogens with zero attached hydrogens (tertiary/aromatic N) is 1. The highest BCUT2D eigenvalue weighted by Gasteiger charge is 2.31. The van der Waals surface area contributed by atoms with Gasteiger partial charge in [0.05, 0.1) is 9.24 Å². The molecule has 1 saturated heterocycles. The number of aliphatic carboxylic acids is 1. The molecule has 1 aliphatic rings. The van der Waals surface area contributed by atoms with Crippen molar-refractivity contribution < 1.29 is 14.7 Å². The van der Waals surface area contributed by atoms with Crippen LogP contribution in [0.5, 0.6) is 0 Å². The van der Waals surface area contributed by atoms with Crippen LogP contribution in [-0.2, 0) is 9.59 Å². The topological polar surface area (TPSA) is 57.6 Å². The molecule has 106 valence electrons. The number of thiocarbonyl (C=S) groups is 1. The summed E-state index contributed by atoms with van der Waals surface area (Å²) in [5, 5.41) is 8.60. The molecule has 0 saturated carbocycles. The molecule has 0 unspecified atom stereocenters. The highest BCUT2D eigenvalue weighted by atomic mass is 35.5. The SMILES string of the molecule is O=C(O)CCCN1C(=O)/C(=C\c2ccc(Cl)s2)SC1=S. The average Bonchev–Trinajstić information content (AvgIpc) is 2.88. The van der Waals surface area contributed by atoms with Crippen LogP contribution in [0, 0.1) is 0 Å². The van der Waals surface area contributed by atoms with Gasteiger partial charge in [-0.2, -0.15) is 0 Å². The van der Waals surface area contributed by atoms with Crippen LogP contribution in [0.1, 0.15) is 17.7 Å². The normalized spacial score (nSPS) is 17.2. The van der Waals surface area contributed by atoms with Crippen molar-refractivity contribution >= 4 is 69.2 Å². The van der Waals surface area contributed by atoms with E-state index in [1.54, 1.807) is 12.1 Å². The maximum Gasteiger partial charge on any atom is 0.303 e. The second kappa shape index (κ2) is 6.71. The Balaban J connectivity index is 2.04. The fourth-order valence-corrected chi connectivity index (χ4v) is 3.99. The van der Waals surface area contributed by atoms with Gasteiger partial charge in [-0.3, -0.25) is 14.5 Å². The Morgan fingerprint density at radius 1 is 1.50 bits per heavy atom. The van der Waals surface area contributed by atoms with Crippen LogP contribution in [-0.4, -0.2) is 32.7 Å². The van der Waals surface area contributed by atoms with Gasteiger partial charge < -0.3 is 5.11 Å². The molecule has 20 heavy (non-hydrogen) atoms. The van der Waals surface area contributed by atoms with Crippen molar-refractivity contribution in [2.24, 2.45) is 0 Å². The summed E-state index contributed by atoms with van der Waals surface area (Å²) >= 11 is 13.6. The number of carboxylic acids is 1. The van der Waals surface area contributed by atoms with Crippen molar-refractivity contribution in [1.82, 2.24) is 4.90 Å². The molecular weight excluding hydrogens is 338 g/mol. The second-order valence-corrected chi connectivity index (χ2v) is 7.39. The summed E-state index contributed by atoms with van der Waals surface area (Å²) in [5.74, 6) is -1.05. The number of hydrogen-bond donors (Lipinski definition) is 1. The number of rotatable bonds is 5. The van der Waals surface area contributed by atoms with Crippen LogP contribution in [0.2, 0.25) is 4.34 Å². The fourth-order valence-electron chi connectivity index (χ4n) is 1.62. The largest absolute Gasteiger partial charge is 0.481 e. The van der Waals surface area contributed by atoms with Crippen LogP contribution in [0.3, 0.4) is 0 Å². The first kappa shape index (κ1) is 15.5. The first-order valence-corrected chi connectivity index (χ1v) is 8.12. The number of thioether (sulfide) groups is 1. The Hall–Kier alpha value is -0.890. The van der Waals surface area contributed by atoms with Crippen LogP contribution >= 0.6 is 46.9 Å². The van der Waals surface area contributed by atoms with E-state index in [4.69, 9.17) is 28.9 Å². The number of halogens is 1. The van der Waals surface area contributed by atoms with Gasteiger partial charge >= 0.3 is 5.97 Å². The zero-order valence-electron chi connectivity index (χ0n) is 10.2. The lowest BCUT2D eigenvalue weighted by Gasteiger charge is -2.13. The van der Waals surface area contributed by atoms with Crippen molar-refractivity contribution in [1.29, 1.82) is 0 Å². The molecule has 2 rings (SSSR count). The predicted octanol–water partition coefficient (Wildman–Crippen LogP) is 3.47. The third kappa shape index (κ3) is 3.82. The van der Waals surface area contributed by atoms with Crippen molar-refractivity contribution in [3.05, 3.63) is 26.3 Å². The van der Waals surface area contributed by atoms with Crippen LogP contribution < -0.4 is 0 Å². The molecule has 1 fully saturated rings. The van der Waals surface area contributed by atoms with E-state index >= 15 is 0 Å². The molecule has 0 aromatic carbocycles. The summed E-state index contributed by atoms with van der Waals surface area (Å²) in [6.45, 7) is 0.333. The molecule has 0 aliphatic carbocycles. The monoisotopic (exact) mass is 347 g/mol. The van der Waals surface area contributed by atoms with Crippen molar-refractivity contribution in [3.8, 4) is 0 Å². The van der Waals surface area contributed by atoms with Crippen molar-refractivity contribution in [2.75, 3.05) is 6.54 Å². The van der Waals surface area contributed by atoms with Crippen molar-refractivity contribution in [2.45, 2.75) is 12.8 Å². The first-order chi connectivity index (χ1) is 9.47. The van der Waals surface area contributed by atoms with Crippen LogP contribution in [0.25, 0.3) is 6.08 Å². The minimum absolute atomic E-state index is 0.0244. The summed E-state index contributed by atoms with van der Waals surface area (Å²) in [7, 11) is 0. The van der Waals surface area contributed by atoms with E-state index in [0.29, 0.717) is 26.5 Å². The van der Waals surface area contributed by atoms with Gasteiger partial charge in [0, 0.05) is 17.8 Å². The fraction of sp³-hybridized carbons (Fsp3) is 0.250. The zero-order chi connectivity index (χ0) is 14.7. The molecule has 1 N–H and O–H groups in total. The zero-order valence-corrected chi connectivity index (χ0v) is 13.4. The summed E-state index contributed by atoms with van der Waals surface area (Å²) < 4.78 is 1.13. The van der Waals surface area contributed by atoms with Gasteiger partial charge in [0.15, 0.2) is 0 Å². The Morgan fingerprint density at radius 2 is 2.25 bits per heavy atom. The molecule has 8 heteroatoms. The maximum absolute atomic E-state index is 12.2. The summed E-state index contributed by atoms with van der Waals surface area (Å²) in [5.41, 5.74) is 0.